The minimum absolute atomic E-state index is 0.238. The number of benzene rings is 2. The standard InChI is InChI=1S/C25H17ClFN5O/c26-18-9-7-17(8-10-18)21-13-24-30-22(19-5-1-2-6-20(19)27)12-23(32(24)31-21)25(33)29-15-16-4-3-11-28-14-16/h1-14H,15H2,(H,29,33). The van der Waals surface area contributed by atoms with Crippen LogP contribution in [-0.2, 0) is 6.54 Å². The first-order valence-electron chi connectivity index (χ1n) is 10.2. The van der Waals surface area contributed by atoms with Gasteiger partial charge in [-0.25, -0.2) is 13.9 Å². The average molecular weight is 458 g/mol. The number of rotatable bonds is 5. The lowest BCUT2D eigenvalue weighted by Gasteiger charge is -2.10. The van der Waals surface area contributed by atoms with Gasteiger partial charge in [0.2, 0.25) is 0 Å². The first kappa shape index (κ1) is 20.8. The lowest BCUT2D eigenvalue weighted by molar-refractivity contribution is 0.0943. The lowest BCUT2D eigenvalue weighted by atomic mass is 10.1. The molecule has 0 bridgehead atoms. The number of fused-ring (bicyclic) bond motifs is 1. The minimum atomic E-state index is -0.423. The molecule has 8 heteroatoms. The lowest BCUT2D eigenvalue weighted by Crippen LogP contribution is -2.25. The van der Waals surface area contributed by atoms with Crippen LogP contribution < -0.4 is 5.32 Å². The molecule has 0 unspecified atom stereocenters. The number of pyridine rings is 1. The van der Waals surface area contributed by atoms with Gasteiger partial charge in [-0.15, -0.1) is 0 Å². The molecule has 0 aliphatic carbocycles. The monoisotopic (exact) mass is 457 g/mol. The van der Waals surface area contributed by atoms with E-state index in [1.807, 2.05) is 18.2 Å². The third-order valence-electron chi connectivity index (χ3n) is 5.13. The van der Waals surface area contributed by atoms with Crippen LogP contribution in [-0.4, -0.2) is 25.5 Å². The summed E-state index contributed by atoms with van der Waals surface area (Å²) in [6.07, 6.45) is 3.35. The first-order valence-corrected chi connectivity index (χ1v) is 10.5. The van der Waals surface area contributed by atoms with Crippen LogP contribution in [0.25, 0.3) is 28.2 Å². The predicted molar refractivity (Wildman–Crippen MR) is 124 cm³/mol. The Morgan fingerprint density at radius 1 is 1.00 bits per heavy atom. The van der Waals surface area contributed by atoms with Gasteiger partial charge in [0.25, 0.3) is 5.91 Å². The number of nitrogens with one attached hydrogen (secondary N) is 1. The number of nitrogens with zero attached hydrogens (tertiary/aromatic N) is 4. The number of carbonyl (C=O) groups excluding carboxylic acids is 1. The predicted octanol–water partition coefficient (Wildman–Crippen LogP) is 5.18. The summed E-state index contributed by atoms with van der Waals surface area (Å²) in [7, 11) is 0. The number of hydrogen-bond donors (Lipinski definition) is 1. The maximum atomic E-state index is 14.5. The van der Waals surface area contributed by atoms with Crippen LogP contribution in [0.3, 0.4) is 0 Å². The zero-order valence-electron chi connectivity index (χ0n) is 17.2. The Hall–Kier alpha value is -4.10. The maximum Gasteiger partial charge on any atom is 0.270 e. The van der Waals surface area contributed by atoms with E-state index in [0.29, 0.717) is 27.6 Å². The van der Waals surface area contributed by atoms with E-state index in [1.54, 1.807) is 60.9 Å². The van der Waals surface area contributed by atoms with E-state index in [0.717, 1.165) is 11.1 Å². The maximum absolute atomic E-state index is 14.5. The number of aromatic nitrogens is 4. The Labute approximate surface area is 193 Å². The molecule has 6 nitrogen and oxygen atoms in total. The number of amides is 1. The number of halogens is 2. The van der Waals surface area contributed by atoms with Crippen LogP contribution in [0.2, 0.25) is 5.02 Å². The molecule has 3 heterocycles. The van der Waals surface area contributed by atoms with Gasteiger partial charge in [0.1, 0.15) is 11.5 Å². The molecule has 3 aromatic heterocycles. The van der Waals surface area contributed by atoms with Crippen LogP contribution in [0, 0.1) is 5.82 Å². The molecule has 162 valence electrons. The summed E-state index contributed by atoms with van der Waals surface area (Å²) in [6, 6.07) is 20.5. The van der Waals surface area contributed by atoms with Crippen molar-refractivity contribution in [1.29, 1.82) is 0 Å². The molecule has 5 aromatic rings. The smallest absolute Gasteiger partial charge is 0.270 e. The van der Waals surface area contributed by atoms with Crippen LogP contribution in [0.5, 0.6) is 0 Å². The summed E-state index contributed by atoms with van der Waals surface area (Å²) < 4.78 is 16.0. The van der Waals surface area contributed by atoms with E-state index in [9.17, 15) is 9.18 Å². The van der Waals surface area contributed by atoms with Crippen LogP contribution >= 0.6 is 11.6 Å². The summed E-state index contributed by atoms with van der Waals surface area (Å²) in [6.45, 7) is 0.289. The Balaban J connectivity index is 1.60. The molecular formula is C25H17ClFN5O. The van der Waals surface area contributed by atoms with Gasteiger partial charge in [-0.05, 0) is 42.0 Å². The molecule has 0 atom stereocenters. The fraction of sp³-hybridized carbons (Fsp3) is 0.0400. The third-order valence-corrected chi connectivity index (χ3v) is 5.38. The minimum Gasteiger partial charge on any atom is -0.347 e. The number of hydrogen-bond acceptors (Lipinski definition) is 4. The van der Waals surface area contributed by atoms with Crippen molar-refractivity contribution in [3.63, 3.8) is 0 Å². The van der Waals surface area contributed by atoms with Gasteiger partial charge in [-0.3, -0.25) is 9.78 Å². The Morgan fingerprint density at radius 2 is 1.82 bits per heavy atom. The summed E-state index contributed by atoms with van der Waals surface area (Å²) in [5, 5.41) is 8.08. The SMILES string of the molecule is O=C(NCc1cccnc1)c1cc(-c2ccccc2F)nc2cc(-c3ccc(Cl)cc3)nn12. The highest BCUT2D eigenvalue weighted by atomic mass is 35.5. The van der Waals surface area contributed by atoms with Crippen molar-refractivity contribution in [2.45, 2.75) is 6.54 Å². The van der Waals surface area contributed by atoms with E-state index < -0.39 is 5.82 Å². The molecular weight excluding hydrogens is 441 g/mol. The molecule has 5 rings (SSSR count). The van der Waals surface area contributed by atoms with E-state index in [4.69, 9.17) is 11.6 Å². The van der Waals surface area contributed by atoms with Crippen molar-refractivity contribution < 1.29 is 9.18 Å². The van der Waals surface area contributed by atoms with Crippen molar-refractivity contribution in [2.75, 3.05) is 0 Å². The first-order chi connectivity index (χ1) is 16.1. The van der Waals surface area contributed by atoms with Crippen molar-refractivity contribution >= 4 is 23.2 Å². The highest BCUT2D eigenvalue weighted by Gasteiger charge is 2.18. The summed E-state index contributed by atoms with van der Waals surface area (Å²) in [5.74, 6) is -0.789. The Morgan fingerprint density at radius 3 is 2.58 bits per heavy atom. The largest absolute Gasteiger partial charge is 0.347 e. The van der Waals surface area contributed by atoms with E-state index >= 15 is 0 Å². The molecule has 0 saturated heterocycles. The Kier molecular flexibility index (Phi) is 5.54. The highest BCUT2D eigenvalue weighted by molar-refractivity contribution is 6.30. The molecule has 1 amide bonds. The van der Waals surface area contributed by atoms with Gasteiger partial charge in [0.05, 0.1) is 11.4 Å². The highest BCUT2D eigenvalue weighted by Crippen LogP contribution is 2.26. The quantitative estimate of drug-likeness (QED) is 0.394. The second-order valence-corrected chi connectivity index (χ2v) is 7.79. The number of carbonyl (C=O) groups is 1. The van der Waals surface area contributed by atoms with Gasteiger partial charge < -0.3 is 5.32 Å². The van der Waals surface area contributed by atoms with Gasteiger partial charge in [0, 0.05) is 41.2 Å². The second-order valence-electron chi connectivity index (χ2n) is 7.36. The van der Waals surface area contributed by atoms with Crippen molar-refractivity contribution in [1.82, 2.24) is 24.9 Å². The van der Waals surface area contributed by atoms with Crippen LogP contribution in [0.4, 0.5) is 4.39 Å². The average Bonchev–Trinajstić information content (AvgIpc) is 3.27. The van der Waals surface area contributed by atoms with E-state index in [-0.39, 0.29) is 18.1 Å². The second kappa shape index (κ2) is 8.80. The molecule has 33 heavy (non-hydrogen) atoms. The summed E-state index contributed by atoms with van der Waals surface area (Å²) in [4.78, 5) is 21.8. The zero-order valence-corrected chi connectivity index (χ0v) is 18.0. The molecule has 0 aliphatic heterocycles. The summed E-state index contributed by atoms with van der Waals surface area (Å²) >= 11 is 6.00. The van der Waals surface area contributed by atoms with Gasteiger partial charge in [0.15, 0.2) is 5.65 Å². The van der Waals surface area contributed by atoms with Gasteiger partial charge in [-0.1, -0.05) is 41.9 Å². The van der Waals surface area contributed by atoms with Gasteiger partial charge in [-0.2, -0.15) is 5.10 Å². The van der Waals surface area contributed by atoms with Crippen LogP contribution in [0.15, 0.2) is 85.2 Å². The fourth-order valence-electron chi connectivity index (χ4n) is 3.48. The van der Waals surface area contributed by atoms with E-state index in [1.165, 1.54) is 10.6 Å². The topological polar surface area (TPSA) is 72.2 Å². The zero-order chi connectivity index (χ0) is 22.8. The summed E-state index contributed by atoms with van der Waals surface area (Å²) in [5.41, 5.74) is 3.60. The van der Waals surface area contributed by atoms with Gasteiger partial charge >= 0.3 is 0 Å². The molecule has 0 radical (unpaired) electrons. The van der Waals surface area contributed by atoms with E-state index in [2.05, 4.69) is 20.4 Å². The fourth-order valence-corrected chi connectivity index (χ4v) is 3.61. The third kappa shape index (κ3) is 4.31. The molecule has 0 fully saturated rings. The Bertz CT molecular complexity index is 1450. The molecule has 1 N–H and O–H groups in total. The molecule has 0 aliphatic rings. The van der Waals surface area contributed by atoms with Crippen molar-refractivity contribution in [2.24, 2.45) is 0 Å². The normalized spacial score (nSPS) is 11.0. The van der Waals surface area contributed by atoms with Crippen molar-refractivity contribution in [3.05, 3.63) is 107 Å². The molecule has 2 aromatic carbocycles. The molecule has 0 saturated carbocycles. The molecule has 0 spiro atoms. The van der Waals surface area contributed by atoms with Crippen LogP contribution in [0.1, 0.15) is 16.1 Å². The van der Waals surface area contributed by atoms with Crippen molar-refractivity contribution in [3.8, 4) is 22.5 Å².